The summed E-state index contributed by atoms with van der Waals surface area (Å²) in [6.07, 6.45) is 1.55. The van der Waals surface area contributed by atoms with Crippen molar-refractivity contribution in [1.82, 2.24) is 0 Å². The van der Waals surface area contributed by atoms with Crippen LogP contribution in [-0.2, 0) is 14.3 Å². The molecule has 2 N–H and O–H groups in total. The zero-order valence-corrected chi connectivity index (χ0v) is 9.79. The van der Waals surface area contributed by atoms with E-state index in [4.69, 9.17) is 15.2 Å². The number of esters is 1. The summed E-state index contributed by atoms with van der Waals surface area (Å²) in [6.45, 7) is 7.14. The SMILES string of the molecule is CC(C)(C)[C@@H](N)C(=O)OC1CCOCC1. The minimum absolute atomic E-state index is 0.0142. The molecule has 1 heterocycles. The number of hydrogen-bond acceptors (Lipinski definition) is 4. The van der Waals surface area contributed by atoms with Gasteiger partial charge in [-0.3, -0.25) is 4.79 Å². The van der Waals surface area contributed by atoms with Gasteiger partial charge in [0.2, 0.25) is 0 Å². The summed E-state index contributed by atoms with van der Waals surface area (Å²) in [5.41, 5.74) is 5.56. The molecule has 15 heavy (non-hydrogen) atoms. The van der Waals surface area contributed by atoms with Crippen LogP contribution in [0.2, 0.25) is 0 Å². The number of rotatable bonds is 2. The lowest BCUT2D eigenvalue weighted by Crippen LogP contribution is -2.45. The van der Waals surface area contributed by atoms with Crippen molar-refractivity contribution < 1.29 is 14.3 Å². The summed E-state index contributed by atoms with van der Waals surface area (Å²) in [7, 11) is 0. The normalized spacial score (nSPS) is 21.1. The Morgan fingerprint density at radius 3 is 2.40 bits per heavy atom. The average Bonchev–Trinajstić information content (AvgIpc) is 2.16. The van der Waals surface area contributed by atoms with Gasteiger partial charge in [0.15, 0.2) is 0 Å². The number of carbonyl (C=O) groups excluding carboxylic acids is 1. The molecular weight excluding hydrogens is 194 g/mol. The molecule has 1 aliphatic rings. The first-order valence-corrected chi connectivity index (χ1v) is 5.45. The van der Waals surface area contributed by atoms with Crippen molar-refractivity contribution in [3.05, 3.63) is 0 Å². The van der Waals surface area contributed by atoms with Gasteiger partial charge < -0.3 is 15.2 Å². The summed E-state index contributed by atoms with van der Waals surface area (Å²) >= 11 is 0. The Balaban J connectivity index is 2.40. The molecule has 4 heteroatoms. The molecule has 0 saturated carbocycles. The van der Waals surface area contributed by atoms with Crippen molar-refractivity contribution in [3.63, 3.8) is 0 Å². The van der Waals surface area contributed by atoms with Gasteiger partial charge >= 0.3 is 5.97 Å². The quantitative estimate of drug-likeness (QED) is 0.700. The second kappa shape index (κ2) is 4.94. The lowest BCUT2D eigenvalue weighted by atomic mass is 9.87. The van der Waals surface area contributed by atoms with Gasteiger partial charge in [-0.2, -0.15) is 0 Å². The highest BCUT2D eigenvalue weighted by molar-refractivity contribution is 5.76. The summed E-state index contributed by atoms with van der Waals surface area (Å²) in [5.74, 6) is -0.297. The molecule has 0 aromatic carbocycles. The average molecular weight is 215 g/mol. The standard InChI is InChI=1S/C11H21NO3/c1-11(2,3)9(12)10(13)15-8-4-6-14-7-5-8/h8-9H,4-7,12H2,1-3H3/t9-/m0/s1. The fourth-order valence-corrected chi connectivity index (χ4v) is 1.38. The Labute approximate surface area is 91.1 Å². The summed E-state index contributed by atoms with van der Waals surface area (Å²) < 4.78 is 10.5. The molecule has 88 valence electrons. The Morgan fingerprint density at radius 1 is 1.40 bits per heavy atom. The Morgan fingerprint density at radius 2 is 1.93 bits per heavy atom. The first-order chi connectivity index (χ1) is 6.91. The third-order valence-electron chi connectivity index (χ3n) is 2.64. The minimum atomic E-state index is -0.555. The van der Waals surface area contributed by atoms with E-state index in [1.54, 1.807) is 0 Å². The van der Waals surface area contributed by atoms with Gasteiger partial charge in [0, 0.05) is 12.8 Å². The van der Waals surface area contributed by atoms with E-state index in [1.807, 2.05) is 20.8 Å². The fraction of sp³-hybridized carbons (Fsp3) is 0.909. The Bertz CT molecular complexity index is 216. The molecular formula is C11H21NO3. The molecule has 0 spiro atoms. The lowest BCUT2D eigenvalue weighted by Gasteiger charge is -2.28. The van der Waals surface area contributed by atoms with Crippen LogP contribution in [0.15, 0.2) is 0 Å². The second-order valence-corrected chi connectivity index (χ2v) is 5.09. The van der Waals surface area contributed by atoms with E-state index in [0.29, 0.717) is 13.2 Å². The van der Waals surface area contributed by atoms with Crippen molar-refractivity contribution in [1.29, 1.82) is 0 Å². The van der Waals surface area contributed by atoms with Gasteiger partial charge in [0.1, 0.15) is 12.1 Å². The third-order valence-corrected chi connectivity index (χ3v) is 2.64. The Kier molecular flexibility index (Phi) is 4.11. The van der Waals surface area contributed by atoms with E-state index >= 15 is 0 Å². The van der Waals surface area contributed by atoms with Crippen LogP contribution in [0.4, 0.5) is 0 Å². The number of nitrogens with two attached hydrogens (primary N) is 1. The number of carbonyl (C=O) groups is 1. The van der Waals surface area contributed by atoms with Crippen LogP contribution in [0, 0.1) is 5.41 Å². The van der Waals surface area contributed by atoms with Gasteiger partial charge in [-0.15, -0.1) is 0 Å². The van der Waals surface area contributed by atoms with Crippen LogP contribution < -0.4 is 5.73 Å². The van der Waals surface area contributed by atoms with Crippen molar-refractivity contribution in [2.24, 2.45) is 11.1 Å². The summed E-state index contributed by atoms with van der Waals surface area (Å²) in [6, 6.07) is -0.555. The van der Waals surface area contributed by atoms with Crippen LogP contribution in [0.3, 0.4) is 0 Å². The number of hydrogen-bond donors (Lipinski definition) is 1. The van der Waals surface area contributed by atoms with Gasteiger partial charge in [0.25, 0.3) is 0 Å². The first-order valence-electron chi connectivity index (χ1n) is 5.45. The van der Waals surface area contributed by atoms with Crippen LogP contribution in [-0.4, -0.2) is 31.3 Å². The predicted molar refractivity (Wildman–Crippen MR) is 57.4 cm³/mol. The van der Waals surface area contributed by atoms with Crippen LogP contribution in [0.5, 0.6) is 0 Å². The summed E-state index contributed by atoms with van der Waals surface area (Å²) in [4.78, 5) is 11.7. The van der Waals surface area contributed by atoms with Gasteiger partial charge in [0.05, 0.1) is 13.2 Å². The third kappa shape index (κ3) is 3.80. The van der Waals surface area contributed by atoms with Crippen molar-refractivity contribution >= 4 is 5.97 Å². The zero-order chi connectivity index (χ0) is 11.5. The molecule has 0 radical (unpaired) electrons. The largest absolute Gasteiger partial charge is 0.461 e. The van der Waals surface area contributed by atoms with Crippen molar-refractivity contribution in [2.75, 3.05) is 13.2 Å². The highest BCUT2D eigenvalue weighted by Crippen LogP contribution is 2.20. The molecule has 0 amide bonds. The summed E-state index contributed by atoms with van der Waals surface area (Å²) in [5, 5.41) is 0. The van der Waals surface area contributed by atoms with E-state index in [1.165, 1.54) is 0 Å². The molecule has 0 aromatic heterocycles. The van der Waals surface area contributed by atoms with E-state index in [9.17, 15) is 4.79 Å². The molecule has 0 bridgehead atoms. The van der Waals surface area contributed by atoms with Crippen LogP contribution in [0.1, 0.15) is 33.6 Å². The Hall–Kier alpha value is -0.610. The van der Waals surface area contributed by atoms with E-state index < -0.39 is 6.04 Å². The van der Waals surface area contributed by atoms with Gasteiger partial charge in [-0.05, 0) is 5.41 Å². The highest BCUT2D eigenvalue weighted by Gasteiger charge is 2.30. The van der Waals surface area contributed by atoms with E-state index in [-0.39, 0.29) is 17.5 Å². The second-order valence-electron chi connectivity index (χ2n) is 5.09. The predicted octanol–water partition coefficient (Wildman–Crippen LogP) is 1.08. The van der Waals surface area contributed by atoms with Crippen molar-refractivity contribution in [3.8, 4) is 0 Å². The molecule has 1 aliphatic heterocycles. The molecule has 1 rings (SSSR count). The zero-order valence-electron chi connectivity index (χ0n) is 9.79. The van der Waals surface area contributed by atoms with Gasteiger partial charge in [-0.1, -0.05) is 20.8 Å². The maximum atomic E-state index is 11.7. The molecule has 1 atom stereocenters. The van der Waals surface area contributed by atoms with E-state index in [0.717, 1.165) is 12.8 Å². The fourth-order valence-electron chi connectivity index (χ4n) is 1.38. The molecule has 4 nitrogen and oxygen atoms in total. The van der Waals surface area contributed by atoms with Gasteiger partial charge in [-0.25, -0.2) is 0 Å². The monoisotopic (exact) mass is 215 g/mol. The first kappa shape index (κ1) is 12.5. The molecule has 1 fully saturated rings. The maximum absolute atomic E-state index is 11.7. The lowest BCUT2D eigenvalue weighted by molar-refractivity contribution is -0.157. The maximum Gasteiger partial charge on any atom is 0.323 e. The van der Waals surface area contributed by atoms with E-state index in [2.05, 4.69) is 0 Å². The molecule has 0 aromatic rings. The van der Waals surface area contributed by atoms with Crippen molar-refractivity contribution in [2.45, 2.75) is 45.8 Å². The highest BCUT2D eigenvalue weighted by atomic mass is 16.6. The minimum Gasteiger partial charge on any atom is -0.461 e. The smallest absolute Gasteiger partial charge is 0.323 e. The molecule has 0 aliphatic carbocycles. The molecule has 0 unspecified atom stereocenters. The topological polar surface area (TPSA) is 61.6 Å². The molecule has 1 saturated heterocycles. The van der Waals surface area contributed by atoms with Crippen LogP contribution in [0.25, 0.3) is 0 Å². The van der Waals surface area contributed by atoms with Crippen LogP contribution >= 0.6 is 0 Å². The number of ether oxygens (including phenoxy) is 2.